The van der Waals surface area contributed by atoms with Gasteiger partial charge in [0.15, 0.2) is 0 Å². The Morgan fingerprint density at radius 3 is 2.32 bits per heavy atom. The Kier molecular flexibility index (Phi) is 11.5. The zero-order valence-electron chi connectivity index (χ0n) is 32.4. The minimum atomic E-state index is 0.391. The summed E-state index contributed by atoms with van der Waals surface area (Å²) in [6, 6.07) is 43.8. The van der Waals surface area contributed by atoms with Crippen molar-refractivity contribution < 1.29 is 0 Å². The highest BCUT2D eigenvalue weighted by molar-refractivity contribution is 8.08. The van der Waals surface area contributed by atoms with Crippen LogP contribution in [0.4, 0.5) is 17.1 Å². The summed E-state index contributed by atoms with van der Waals surface area (Å²) in [7, 11) is 0. The Morgan fingerprint density at radius 1 is 0.768 bits per heavy atom. The highest BCUT2D eigenvalue weighted by Crippen LogP contribution is 2.42. The molecule has 0 spiro atoms. The molecule has 0 heterocycles. The summed E-state index contributed by atoms with van der Waals surface area (Å²) in [6.45, 7) is 5.23. The number of nitrogen functional groups attached to an aromatic ring is 1. The van der Waals surface area contributed by atoms with Crippen LogP contribution in [0.3, 0.4) is 0 Å². The van der Waals surface area contributed by atoms with Crippen LogP contribution in [-0.2, 0) is 12.8 Å². The van der Waals surface area contributed by atoms with E-state index in [0.29, 0.717) is 11.8 Å². The van der Waals surface area contributed by atoms with E-state index in [1.165, 1.54) is 59.8 Å². The Morgan fingerprint density at radius 2 is 1.50 bits per heavy atom. The second-order valence-corrected chi connectivity index (χ2v) is 15.8. The summed E-state index contributed by atoms with van der Waals surface area (Å²) in [6.07, 6.45) is 26.3. The average Bonchev–Trinajstić information content (AvgIpc) is 3.60. The van der Waals surface area contributed by atoms with Crippen LogP contribution in [-0.4, -0.2) is 12.3 Å². The first-order valence-electron chi connectivity index (χ1n) is 20.0. The van der Waals surface area contributed by atoms with Crippen molar-refractivity contribution in [3.8, 4) is 0 Å². The molecule has 278 valence electrons. The molecule has 0 fully saturated rings. The molecule has 0 radical (unpaired) electrons. The molecule has 2 aliphatic carbocycles. The van der Waals surface area contributed by atoms with Crippen LogP contribution >= 0.6 is 11.8 Å². The largest absolute Gasteiger partial charge is 0.397 e. The molecular formula is C53H50N2S. The second-order valence-electron chi connectivity index (χ2n) is 14.7. The molecule has 2 atom stereocenters. The van der Waals surface area contributed by atoms with Crippen molar-refractivity contribution in [1.29, 1.82) is 0 Å². The predicted octanol–water partition coefficient (Wildman–Crippen LogP) is 14.0. The third-order valence-corrected chi connectivity index (χ3v) is 12.4. The number of hydrogen-bond donors (Lipinski definition) is 1. The summed E-state index contributed by atoms with van der Waals surface area (Å²) in [4.78, 5) is 3.62. The first-order valence-corrected chi connectivity index (χ1v) is 21.0. The Balaban J connectivity index is 1.20. The van der Waals surface area contributed by atoms with Crippen molar-refractivity contribution in [2.24, 2.45) is 11.8 Å². The number of aryl methyl sites for hydroxylation is 1. The van der Waals surface area contributed by atoms with Crippen LogP contribution < -0.4 is 10.6 Å². The molecule has 6 aromatic rings. The first-order chi connectivity index (χ1) is 27.6. The lowest BCUT2D eigenvalue weighted by molar-refractivity contribution is 0.636. The van der Waals surface area contributed by atoms with Crippen molar-refractivity contribution >= 4 is 66.9 Å². The quantitative estimate of drug-likeness (QED) is 0.0999. The predicted molar refractivity (Wildman–Crippen MR) is 247 cm³/mol. The summed E-state index contributed by atoms with van der Waals surface area (Å²) < 4.78 is 0. The number of hydrogen-bond acceptors (Lipinski definition) is 3. The lowest BCUT2D eigenvalue weighted by Crippen LogP contribution is -2.21. The molecule has 0 aromatic heterocycles. The topological polar surface area (TPSA) is 29.3 Å². The Labute approximate surface area is 337 Å². The number of thioether (sulfide) groups is 1. The van der Waals surface area contributed by atoms with Gasteiger partial charge in [-0.3, -0.25) is 0 Å². The van der Waals surface area contributed by atoms with Gasteiger partial charge in [-0.25, -0.2) is 0 Å². The monoisotopic (exact) mass is 746 g/mol. The molecule has 2 nitrogen and oxygen atoms in total. The lowest BCUT2D eigenvalue weighted by Gasteiger charge is -2.26. The normalized spacial score (nSPS) is 16.7. The molecular weight excluding hydrogens is 697 g/mol. The third-order valence-electron chi connectivity index (χ3n) is 11.2. The van der Waals surface area contributed by atoms with Crippen molar-refractivity contribution in [3.05, 3.63) is 204 Å². The van der Waals surface area contributed by atoms with E-state index in [1.54, 1.807) is 0 Å². The van der Waals surface area contributed by atoms with Gasteiger partial charge in [-0.05, 0) is 123 Å². The van der Waals surface area contributed by atoms with E-state index in [0.717, 1.165) is 48.6 Å². The molecule has 0 saturated heterocycles. The van der Waals surface area contributed by atoms with Gasteiger partial charge < -0.3 is 10.6 Å². The van der Waals surface area contributed by atoms with Gasteiger partial charge in [0.2, 0.25) is 0 Å². The SMILES string of the molecule is C/C=C(\SCCN(c1ccccc1)c1ccccc1N)c1ccc2c(C3=CC4C=CC=CC(C=C3)C4)c3ccccc3c(C/C=C\c3ccccc3CC)c2c1. The summed E-state index contributed by atoms with van der Waals surface area (Å²) in [5, 5.41) is 5.27. The third kappa shape index (κ3) is 7.96. The molecule has 2 bridgehead atoms. The lowest BCUT2D eigenvalue weighted by atomic mass is 9.85. The van der Waals surface area contributed by atoms with E-state index in [-0.39, 0.29) is 0 Å². The maximum absolute atomic E-state index is 6.52. The average molecular weight is 747 g/mol. The number of rotatable bonds is 12. The summed E-state index contributed by atoms with van der Waals surface area (Å²) in [5.41, 5.74) is 17.4. The van der Waals surface area contributed by atoms with Gasteiger partial charge in [0.25, 0.3) is 0 Å². The van der Waals surface area contributed by atoms with E-state index in [2.05, 4.69) is 189 Å². The maximum Gasteiger partial charge on any atom is 0.0644 e. The number of nitrogens with two attached hydrogens (primary N) is 1. The number of para-hydroxylation sites is 3. The fourth-order valence-electron chi connectivity index (χ4n) is 8.41. The van der Waals surface area contributed by atoms with Crippen LogP contribution in [0.15, 0.2) is 176 Å². The Bertz CT molecular complexity index is 2530. The molecule has 6 aromatic carbocycles. The van der Waals surface area contributed by atoms with Crippen LogP contribution in [0.2, 0.25) is 0 Å². The summed E-state index contributed by atoms with van der Waals surface area (Å²) >= 11 is 1.91. The van der Waals surface area contributed by atoms with Crippen molar-refractivity contribution in [1.82, 2.24) is 0 Å². The molecule has 56 heavy (non-hydrogen) atoms. The standard InChI is InChI=1S/C53H50N2S/c1-3-40-19-10-11-20-41(40)21-16-26-46-45-24-12-13-25-47(45)53(43-30-29-38-17-8-9-18-39(35-38)36-43)48-32-31-42(37-49(46)48)52(4-2)56-34-33-55(44-22-6-5-7-23-44)51-28-15-14-27-50(51)54/h4-25,27-32,36-39H,3,26,33-35,54H2,1-2H3/b21-16-,52-4-. The minimum Gasteiger partial charge on any atom is -0.397 e. The van der Waals surface area contributed by atoms with E-state index in [4.69, 9.17) is 5.73 Å². The number of benzene rings is 6. The van der Waals surface area contributed by atoms with Crippen LogP contribution in [0.1, 0.15) is 48.1 Å². The number of allylic oxidation sites excluding steroid dienone is 10. The number of nitrogens with zero attached hydrogens (tertiary/aromatic N) is 1. The zero-order chi connectivity index (χ0) is 38.3. The van der Waals surface area contributed by atoms with Crippen LogP contribution in [0.5, 0.6) is 0 Å². The molecule has 0 amide bonds. The van der Waals surface area contributed by atoms with Gasteiger partial charge >= 0.3 is 0 Å². The molecule has 8 rings (SSSR count). The fourth-order valence-corrected chi connectivity index (χ4v) is 9.37. The molecule has 2 N–H and O–H groups in total. The van der Waals surface area contributed by atoms with E-state index >= 15 is 0 Å². The smallest absolute Gasteiger partial charge is 0.0644 e. The van der Waals surface area contributed by atoms with Crippen molar-refractivity contribution in [3.63, 3.8) is 0 Å². The van der Waals surface area contributed by atoms with Crippen molar-refractivity contribution in [2.45, 2.75) is 33.1 Å². The van der Waals surface area contributed by atoms with Crippen LogP contribution in [0, 0.1) is 11.8 Å². The van der Waals surface area contributed by atoms with E-state index < -0.39 is 0 Å². The van der Waals surface area contributed by atoms with Crippen LogP contribution in [0.25, 0.3) is 38.1 Å². The van der Waals surface area contributed by atoms with Gasteiger partial charge in [0, 0.05) is 22.9 Å². The van der Waals surface area contributed by atoms with Gasteiger partial charge in [-0.1, -0.05) is 159 Å². The van der Waals surface area contributed by atoms with Gasteiger partial charge in [-0.15, -0.1) is 11.8 Å². The Hall–Kier alpha value is -5.77. The van der Waals surface area contributed by atoms with E-state index in [9.17, 15) is 0 Å². The zero-order valence-corrected chi connectivity index (χ0v) is 33.3. The molecule has 3 heteroatoms. The highest BCUT2D eigenvalue weighted by Gasteiger charge is 2.21. The van der Waals surface area contributed by atoms with Gasteiger partial charge in [-0.2, -0.15) is 0 Å². The van der Waals surface area contributed by atoms with Crippen molar-refractivity contribution in [2.75, 3.05) is 22.9 Å². The minimum absolute atomic E-state index is 0.391. The number of fused-ring (bicyclic) bond motifs is 4. The summed E-state index contributed by atoms with van der Waals surface area (Å²) in [5.74, 6) is 1.73. The second kappa shape index (κ2) is 17.4. The fraction of sp³-hybridized carbons (Fsp3) is 0.170. The van der Waals surface area contributed by atoms with Gasteiger partial charge in [0.1, 0.15) is 0 Å². The maximum atomic E-state index is 6.52. The molecule has 0 saturated carbocycles. The number of anilines is 3. The highest BCUT2D eigenvalue weighted by atomic mass is 32.2. The molecule has 0 aliphatic heterocycles. The molecule has 2 aliphatic rings. The first kappa shape index (κ1) is 37.2. The molecule has 2 unspecified atom stereocenters. The van der Waals surface area contributed by atoms with E-state index in [1.807, 2.05) is 23.9 Å². The van der Waals surface area contributed by atoms with Gasteiger partial charge in [0.05, 0.1) is 11.4 Å².